The predicted molar refractivity (Wildman–Crippen MR) is 60.8 cm³/mol. The van der Waals surface area contributed by atoms with Gasteiger partial charge in [-0.25, -0.2) is 0 Å². The molecule has 0 radical (unpaired) electrons. The largest absolute Gasteiger partial charge is 0.275 e. The summed E-state index contributed by atoms with van der Waals surface area (Å²) in [5.41, 5.74) is 1.47. The van der Waals surface area contributed by atoms with Crippen LogP contribution >= 0.6 is 0 Å². The van der Waals surface area contributed by atoms with Gasteiger partial charge in [-0.2, -0.15) is 4.39 Å². The van der Waals surface area contributed by atoms with E-state index in [9.17, 15) is 9.18 Å². The van der Waals surface area contributed by atoms with Crippen molar-refractivity contribution in [1.82, 2.24) is 9.78 Å². The number of nitrogens with zero attached hydrogens (tertiary/aromatic N) is 1. The molecule has 16 heavy (non-hydrogen) atoms. The molecule has 0 atom stereocenters. The van der Waals surface area contributed by atoms with Gasteiger partial charge in [0.1, 0.15) is 5.56 Å². The molecule has 0 aliphatic carbocycles. The number of hydrogen-bond donors (Lipinski definition) is 1. The van der Waals surface area contributed by atoms with E-state index in [1.54, 1.807) is 12.1 Å². The number of nitrogens with one attached hydrogen (secondary N) is 1. The molecule has 4 heteroatoms. The number of halogens is 1. The summed E-state index contributed by atoms with van der Waals surface area (Å²) in [6, 6.07) is 7.35. The van der Waals surface area contributed by atoms with Crippen LogP contribution in [-0.2, 0) is 13.5 Å². The van der Waals surface area contributed by atoms with Gasteiger partial charge in [-0.1, -0.05) is 31.2 Å². The third kappa shape index (κ3) is 1.66. The molecule has 1 N–H and O–H groups in total. The fraction of sp³-hybridized carbons (Fsp3) is 0.250. The van der Waals surface area contributed by atoms with Crippen molar-refractivity contribution in [1.29, 1.82) is 0 Å². The molecule has 0 saturated heterocycles. The Morgan fingerprint density at radius 3 is 2.38 bits per heavy atom. The molecule has 0 aliphatic rings. The normalized spacial score (nSPS) is 10.7. The lowest BCUT2D eigenvalue weighted by atomic mass is 10.1. The van der Waals surface area contributed by atoms with Gasteiger partial charge in [-0.3, -0.25) is 14.6 Å². The van der Waals surface area contributed by atoms with Crippen LogP contribution in [0, 0.1) is 5.95 Å². The van der Waals surface area contributed by atoms with Gasteiger partial charge < -0.3 is 0 Å². The summed E-state index contributed by atoms with van der Waals surface area (Å²) >= 11 is 0. The third-order valence-corrected chi connectivity index (χ3v) is 2.65. The first kappa shape index (κ1) is 10.7. The summed E-state index contributed by atoms with van der Waals surface area (Å²) in [6.45, 7) is 2.05. The van der Waals surface area contributed by atoms with Crippen LogP contribution in [0.4, 0.5) is 4.39 Å². The minimum absolute atomic E-state index is 0.102. The highest BCUT2D eigenvalue weighted by atomic mass is 19.1. The highest BCUT2D eigenvalue weighted by molar-refractivity contribution is 5.62. The zero-order chi connectivity index (χ0) is 11.7. The van der Waals surface area contributed by atoms with Crippen molar-refractivity contribution in [3.63, 3.8) is 0 Å². The maximum absolute atomic E-state index is 13.6. The lowest BCUT2D eigenvalue weighted by molar-refractivity contribution is 0.505. The Labute approximate surface area is 92.5 Å². The number of hydrogen-bond acceptors (Lipinski definition) is 1. The van der Waals surface area contributed by atoms with E-state index >= 15 is 0 Å². The second-order valence-electron chi connectivity index (χ2n) is 3.72. The highest BCUT2D eigenvalue weighted by Gasteiger charge is 2.14. The van der Waals surface area contributed by atoms with Crippen molar-refractivity contribution in [2.24, 2.45) is 7.05 Å². The first-order chi connectivity index (χ1) is 7.63. The zero-order valence-corrected chi connectivity index (χ0v) is 9.25. The molecule has 0 bridgehead atoms. The minimum atomic E-state index is -0.533. The lowest BCUT2D eigenvalue weighted by Gasteiger charge is -1.99. The van der Waals surface area contributed by atoms with E-state index in [-0.39, 0.29) is 5.56 Å². The van der Waals surface area contributed by atoms with Gasteiger partial charge in [0.15, 0.2) is 0 Å². The van der Waals surface area contributed by atoms with Crippen LogP contribution in [0.15, 0.2) is 29.1 Å². The molecule has 0 saturated carbocycles. The standard InChI is InChI=1S/C12H13FN2O/c1-3-8-4-6-9(7-5-8)10-11(13)15(2)14-12(10)16/h4-7H,3H2,1-2H3,(H,14,16). The average molecular weight is 220 g/mol. The molecule has 2 aromatic rings. The lowest BCUT2D eigenvalue weighted by Crippen LogP contribution is -2.03. The number of rotatable bonds is 2. The van der Waals surface area contributed by atoms with Gasteiger partial charge in [-0.05, 0) is 17.5 Å². The fourth-order valence-electron chi connectivity index (χ4n) is 1.68. The van der Waals surface area contributed by atoms with Crippen LogP contribution in [0.25, 0.3) is 11.1 Å². The minimum Gasteiger partial charge on any atom is -0.267 e. The van der Waals surface area contributed by atoms with E-state index < -0.39 is 11.5 Å². The topological polar surface area (TPSA) is 37.8 Å². The Morgan fingerprint density at radius 1 is 1.31 bits per heavy atom. The molecule has 0 aliphatic heterocycles. The first-order valence-corrected chi connectivity index (χ1v) is 5.17. The number of aromatic amines is 1. The Balaban J connectivity index is 2.54. The molecule has 84 valence electrons. The number of H-pyrrole nitrogens is 1. The van der Waals surface area contributed by atoms with Gasteiger partial charge in [0, 0.05) is 7.05 Å². The summed E-state index contributed by atoms with van der Waals surface area (Å²) in [5.74, 6) is -0.533. The molecular formula is C12H13FN2O. The van der Waals surface area contributed by atoms with Crippen LogP contribution in [0.2, 0.25) is 0 Å². The molecule has 0 spiro atoms. The van der Waals surface area contributed by atoms with E-state index in [1.165, 1.54) is 7.05 Å². The maximum atomic E-state index is 13.6. The van der Waals surface area contributed by atoms with Crippen molar-refractivity contribution in [2.75, 3.05) is 0 Å². The molecule has 0 unspecified atom stereocenters. The van der Waals surface area contributed by atoms with Gasteiger partial charge in [0.05, 0.1) is 0 Å². The van der Waals surface area contributed by atoms with E-state index in [4.69, 9.17) is 0 Å². The summed E-state index contributed by atoms with van der Waals surface area (Å²) in [7, 11) is 1.47. The smallest absolute Gasteiger partial charge is 0.267 e. The van der Waals surface area contributed by atoms with Gasteiger partial charge in [0.2, 0.25) is 5.95 Å². The first-order valence-electron chi connectivity index (χ1n) is 5.17. The molecule has 1 aromatic heterocycles. The SMILES string of the molecule is CCc1ccc(-c2c(F)n(C)[nH]c2=O)cc1. The number of aromatic nitrogens is 2. The molecular weight excluding hydrogens is 207 g/mol. The molecule has 3 nitrogen and oxygen atoms in total. The van der Waals surface area contributed by atoms with Gasteiger partial charge in [0.25, 0.3) is 5.56 Å². The van der Waals surface area contributed by atoms with Crippen molar-refractivity contribution < 1.29 is 4.39 Å². The molecule has 1 aromatic carbocycles. The fourth-order valence-corrected chi connectivity index (χ4v) is 1.68. The van der Waals surface area contributed by atoms with Crippen molar-refractivity contribution in [3.05, 3.63) is 46.1 Å². The van der Waals surface area contributed by atoms with Crippen LogP contribution in [-0.4, -0.2) is 9.78 Å². The number of aryl methyl sites for hydroxylation is 2. The maximum Gasteiger partial charge on any atom is 0.275 e. The second kappa shape index (κ2) is 3.96. The number of benzene rings is 1. The summed E-state index contributed by atoms with van der Waals surface area (Å²) in [5, 5.41) is 2.39. The summed E-state index contributed by atoms with van der Waals surface area (Å²) < 4.78 is 14.7. The predicted octanol–water partition coefficient (Wildman–Crippen LogP) is 2.08. The second-order valence-corrected chi connectivity index (χ2v) is 3.72. The van der Waals surface area contributed by atoms with Gasteiger partial charge in [-0.15, -0.1) is 0 Å². The molecule has 1 heterocycles. The van der Waals surface area contributed by atoms with E-state index in [0.29, 0.717) is 5.56 Å². The van der Waals surface area contributed by atoms with Crippen molar-refractivity contribution >= 4 is 0 Å². The summed E-state index contributed by atoms with van der Waals surface area (Å²) in [6.07, 6.45) is 0.925. The van der Waals surface area contributed by atoms with E-state index in [0.717, 1.165) is 16.7 Å². The van der Waals surface area contributed by atoms with Crippen molar-refractivity contribution in [2.45, 2.75) is 13.3 Å². The monoisotopic (exact) mass is 220 g/mol. The van der Waals surface area contributed by atoms with Crippen LogP contribution in [0.5, 0.6) is 0 Å². The summed E-state index contributed by atoms with van der Waals surface area (Å²) in [4.78, 5) is 11.5. The molecule has 2 rings (SSSR count). The van der Waals surface area contributed by atoms with E-state index in [1.807, 2.05) is 19.1 Å². The molecule has 0 amide bonds. The average Bonchev–Trinajstić information content (AvgIpc) is 2.54. The van der Waals surface area contributed by atoms with Crippen molar-refractivity contribution in [3.8, 4) is 11.1 Å². The zero-order valence-electron chi connectivity index (χ0n) is 9.25. The quantitative estimate of drug-likeness (QED) is 0.826. The Kier molecular flexibility index (Phi) is 2.64. The van der Waals surface area contributed by atoms with Gasteiger partial charge >= 0.3 is 0 Å². The Bertz CT molecular complexity index is 551. The molecule has 0 fully saturated rings. The van der Waals surface area contributed by atoms with Crippen LogP contribution in [0.3, 0.4) is 0 Å². The third-order valence-electron chi connectivity index (χ3n) is 2.65. The Hall–Kier alpha value is -1.84. The highest BCUT2D eigenvalue weighted by Crippen LogP contribution is 2.19. The van der Waals surface area contributed by atoms with Crippen LogP contribution in [0.1, 0.15) is 12.5 Å². The Morgan fingerprint density at radius 2 is 1.94 bits per heavy atom. The van der Waals surface area contributed by atoms with E-state index in [2.05, 4.69) is 5.10 Å². The van der Waals surface area contributed by atoms with Crippen LogP contribution < -0.4 is 5.56 Å².